The van der Waals surface area contributed by atoms with Crippen molar-refractivity contribution in [2.45, 2.75) is 13.3 Å². The van der Waals surface area contributed by atoms with Crippen molar-refractivity contribution < 1.29 is 14.4 Å². The molecule has 0 bridgehead atoms. The quantitative estimate of drug-likeness (QED) is 0.789. The summed E-state index contributed by atoms with van der Waals surface area (Å²) in [5.41, 5.74) is 1.56. The van der Waals surface area contributed by atoms with Gasteiger partial charge in [0.15, 0.2) is 5.78 Å². The van der Waals surface area contributed by atoms with E-state index in [1.807, 2.05) is 0 Å². The van der Waals surface area contributed by atoms with Crippen LogP contribution in [-0.4, -0.2) is 24.1 Å². The molecule has 0 aromatic heterocycles. The molecule has 2 aromatic carbocycles. The largest absolute Gasteiger partial charge is 0.352 e. The van der Waals surface area contributed by atoms with E-state index in [4.69, 9.17) is 11.6 Å². The lowest BCUT2D eigenvalue weighted by Crippen LogP contribution is -2.27. The summed E-state index contributed by atoms with van der Waals surface area (Å²) < 4.78 is 0. The summed E-state index contributed by atoms with van der Waals surface area (Å²) >= 11 is 5.76. The lowest BCUT2D eigenvalue weighted by Gasteiger charge is -2.08. The lowest BCUT2D eigenvalue weighted by atomic mass is 10.1. The molecule has 0 aliphatic heterocycles. The average molecular weight is 345 g/mol. The van der Waals surface area contributed by atoms with E-state index in [0.717, 1.165) is 0 Å². The van der Waals surface area contributed by atoms with E-state index in [0.29, 0.717) is 21.8 Å². The van der Waals surface area contributed by atoms with Crippen LogP contribution >= 0.6 is 11.6 Å². The van der Waals surface area contributed by atoms with Crippen LogP contribution in [0.15, 0.2) is 48.5 Å². The molecule has 0 radical (unpaired) electrons. The van der Waals surface area contributed by atoms with Gasteiger partial charge in [-0.3, -0.25) is 14.4 Å². The number of anilines is 1. The number of amides is 2. The molecule has 0 saturated carbocycles. The van der Waals surface area contributed by atoms with Crippen molar-refractivity contribution in [1.29, 1.82) is 0 Å². The van der Waals surface area contributed by atoms with E-state index in [-0.39, 0.29) is 30.6 Å². The summed E-state index contributed by atoms with van der Waals surface area (Å²) in [6, 6.07) is 13.2. The van der Waals surface area contributed by atoms with Crippen LogP contribution in [0.2, 0.25) is 5.02 Å². The van der Waals surface area contributed by atoms with Crippen molar-refractivity contribution in [3.8, 4) is 0 Å². The van der Waals surface area contributed by atoms with Crippen LogP contribution in [0.3, 0.4) is 0 Å². The van der Waals surface area contributed by atoms with E-state index in [1.165, 1.54) is 6.92 Å². The number of hydrogen-bond donors (Lipinski definition) is 2. The number of carbonyl (C=O) groups is 3. The molecule has 0 saturated heterocycles. The standard InChI is InChI=1S/C18H17ClN2O3/c1-12(22)14-3-2-4-16(11-14)21-17(23)9-10-20-18(24)13-5-7-15(19)8-6-13/h2-8,11H,9-10H2,1H3,(H,20,24)(H,21,23). The van der Waals surface area contributed by atoms with E-state index in [1.54, 1.807) is 48.5 Å². The number of nitrogens with one attached hydrogen (secondary N) is 2. The number of hydrogen-bond acceptors (Lipinski definition) is 3. The topological polar surface area (TPSA) is 75.3 Å². The van der Waals surface area contributed by atoms with Gasteiger partial charge in [-0.05, 0) is 43.3 Å². The summed E-state index contributed by atoms with van der Waals surface area (Å²) in [6.07, 6.45) is 0.129. The fraction of sp³-hybridized carbons (Fsp3) is 0.167. The Morgan fingerprint density at radius 1 is 1.00 bits per heavy atom. The van der Waals surface area contributed by atoms with E-state index >= 15 is 0 Å². The van der Waals surface area contributed by atoms with Crippen LogP contribution in [0.4, 0.5) is 5.69 Å². The van der Waals surface area contributed by atoms with Crippen LogP contribution in [0.1, 0.15) is 34.1 Å². The summed E-state index contributed by atoms with van der Waals surface area (Å²) in [7, 11) is 0. The molecule has 0 heterocycles. The van der Waals surface area contributed by atoms with Gasteiger partial charge in [-0.1, -0.05) is 23.7 Å². The van der Waals surface area contributed by atoms with E-state index in [2.05, 4.69) is 10.6 Å². The van der Waals surface area contributed by atoms with E-state index in [9.17, 15) is 14.4 Å². The Hall–Kier alpha value is -2.66. The number of ketones is 1. The number of halogens is 1. The van der Waals surface area contributed by atoms with Crippen molar-refractivity contribution >= 4 is 34.9 Å². The highest BCUT2D eigenvalue weighted by Crippen LogP contribution is 2.12. The molecular formula is C18H17ClN2O3. The predicted octanol–water partition coefficient (Wildman–Crippen LogP) is 3.30. The first-order valence-electron chi connectivity index (χ1n) is 7.40. The number of benzene rings is 2. The van der Waals surface area contributed by atoms with Crippen molar-refractivity contribution in [2.24, 2.45) is 0 Å². The van der Waals surface area contributed by atoms with Crippen molar-refractivity contribution in [3.63, 3.8) is 0 Å². The Morgan fingerprint density at radius 3 is 2.38 bits per heavy atom. The Balaban J connectivity index is 1.81. The van der Waals surface area contributed by atoms with Gasteiger partial charge < -0.3 is 10.6 Å². The van der Waals surface area contributed by atoms with Crippen molar-refractivity contribution in [2.75, 3.05) is 11.9 Å². The average Bonchev–Trinajstić information content (AvgIpc) is 2.55. The van der Waals surface area contributed by atoms with Crippen LogP contribution < -0.4 is 10.6 Å². The van der Waals surface area contributed by atoms with E-state index < -0.39 is 0 Å². The lowest BCUT2D eigenvalue weighted by molar-refractivity contribution is -0.116. The molecule has 0 spiro atoms. The summed E-state index contributed by atoms with van der Waals surface area (Å²) in [4.78, 5) is 35.1. The van der Waals surface area contributed by atoms with Crippen LogP contribution in [0, 0.1) is 0 Å². The van der Waals surface area contributed by atoms with Gasteiger partial charge in [-0.25, -0.2) is 0 Å². The maximum atomic E-state index is 11.9. The Kier molecular flexibility index (Phi) is 6.09. The third-order valence-electron chi connectivity index (χ3n) is 3.30. The second-order valence-electron chi connectivity index (χ2n) is 5.20. The monoisotopic (exact) mass is 344 g/mol. The first kappa shape index (κ1) is 17.7. The van der Waals surface area contributed by atoms with Crippen LogP contribution in [0.25, 0.3) is 0 Å². The second-order valence-corrected chi connectivity index (χ2v) is 5.63. The zero-order chi connectivity index (χ0) is 17.5. The molecule has 2 rings (SSSR count). The SMILES string of the molecule is CC(=O)c1cccc(NC(=O)CCNC(=O)c2ccc(Cl)cc2)c1. The smallest absolute Gasteiger partial charge is 0.251 e. The summed E-state index contributed by atoms with van der Waals surface area (Å²) in [5, 5.41) is 5.92. The summed E-state index contributed by atoms with van der Waals surface area (Å²) in [5.74, 6) is -0.577. The molecule has 0 unspecified atom stereocenters. The minimum absolute atomic E-state index is 0.0682. The molecule has 5 nitrogen and oxygen atoms in total. The molecule has 6 heteroatoms. The molecule has 2 aromatic rings. The third-order valence-corrected chi connectivity index (χ3v) is 3.55. The van der Waals surface area contributed by atoms with Gasteiger partial charge in [0.2, 0.25) is 5.91 Å². The minimum atomic E-state index is -0.266. The zero-order valence-corrected chi connectivity index (χ0v) is 13.9. The molecule has 0 aliphatic rings. The van der Waals surface area contributed by atoms with Gasteiger partial charge in [0, 0.05) is 34.8 Å². The molecule has 0 fully saturated rings. The van der Waals surface area contributed by atoms with Gasteiger partial charge >= 0.3 is 0 Å². The highest BCUT2D eigenvalue weighted by Gasteiger charge is 2.08. The van der Waals surface area contributed by atoms with Gasteiger partial charge in [0.1, 0.15) is 0 Å². The Morgan fingerprint density at radius 2 is 1.71 bits per heavy atom. The number of rotatable bonds is 6. The number of Topliss-reactive ketones (excluding diaryl/α,β-unsaturated/α-hetero) is 1. The van der Waals surface area contributed by atoms with Gasteiger partial charge in [0.05, 0.1) is 0 Å². The highest BCUT2D eigenvalue weighted by atomic mass is 35.5. The summed E-state index contributed by atoms with van der Waals surface area (Å²) in [6.45, 7) is 1.67. The second kappa shape index (κ2) is 8.26. The fourth-order valence-electron chi connectivity index (χ4n) is 2.03. The van der Waals surface area contributed by atoms with Crippen LogP contribution in [0.5, 0.6) is 0 Å². The molecule has 124 valence electrons. The van der Waals surface area contributed by atoms with Crippen molar-refractivity contribution in [1.82, 2.24) is 5.32 Å². The Labute approximate surface area is 145 Å². The predicted molar refractivity (Wildman–Crippen MR) is 93.5 cm³/mol. The maximum absolute atomic E-state index is 11.9. The Bertz CT molecular complexity index is 757. The first-order chi connectivity index (χ1) is 11.5. The van der Waals surface area contributed by atoms with Crippen LogP contribution in [-0.2, 0) is 4.79 Å². The first-order valence-corrected chi connectivity index (χ1v) is 7.78. The molecule has 0 atom stereocenters. The normalized spacial score (nSPS) is 10.1. The zero-order valence-electron chi connectivity index (χ0n) is 13.1. The molecule has 2 amide bonds. The molecular weight excluding hydrogens is 328 g/mol. The molecule has 24 heavy (non-hydrogen) atoms. The molecule has 0 aliphatic carbocycles. The molecule has 2 N–H and O–H groups in total. The van der Waals surface area contributed by atoms with Crippen molar-refractivity contribution in [3.05, 3.63) is 64.7 Å². The highest BCUT2D eigenvalue weighted by molar-refractivity contribution is 6.30. The van der Waals surface area contributed by atoms with Gasteiger partial charge in [-0.15, -0.1) is 0 Å². The fourth-order valence-corrected chi connectivity index (χ4v) is 2.16. The third kappa shape index (κ3) is 5.21. The van der Waals surface area contributed by atoms with Gasteiger partial charge in [0.25, 0.3) is 5.91 Å². The maximum Gasteiger partial charge on any atom is 0.251 e. The van der Waals surface area contributed by atoms with Gasteiger partial charge in [-0.2, -0.15) is 0 Å². The number of carbonyl (C=O) groups excluding carboxylic acids is 3. The minimum Gasteiger partial charge on any atom is -0.352 e.